The number of carbonyl (C=O) groups is 1. The lowest BCUT2D eigenvalue weighted by atomic mass is 9.97. The number of nitrogens with zero attached hydrogens (tertiary/aromatic N) is 2. The van der Waals surface area contributed by atoms with E-state index in [-0.39, 0.29) is 24.0 Å². The molecule has 5 nitrogen and oxygen atoms in total. The van der Waals surface area contributed by atoms with Gasteiger partial charge in [0.1, 0.15) is 24.4 Å². The minimum atomic E-state index is -4.44. The van der Waals surface area contributed by atoms with Crippen LogP contribution in [0.5, 0.6) is 0 Å². The van der Waals surface area contributed by atoms with Gasteiger partial charge >= 0.3 is 6.18 Å². The van der Waals surface area contributed by atoms with E-state index in [4.69, 9.17) is 9.15 Å². The highest BCUT2D eigenvalue weighted by Gasteiger charge is 2.29. The third-order valence-electron chi connectivity index (χ3n) is 4.59. The van der Waals surface area contributed by atoms with Crippen molar-refractivity contribution < 1.29 is 31.5 Å². The van der Waals surface area contributed by atoms with E-state index in [1.54, 1.807) is 0 Å². The van der Waals surface area contributed by atoms with E-state index in [0.717, 1.165) is 19.1 Å². The molecule has 0 aliphatic carbocycles. The fourth-order valence-electron chi connectivity index (χ4n) is 3.20. The normalized spacial score (nSPS) is 16.4. The number of benzene rings is 1. The van der Waals surface area contributed by atoms with E-state index in [1.807, 2.05) is 4.90 Å². The molecule has 3 rings (SSSR count). The van der Waals surface area contributed by atoms with Gasteiger partial charge in [-0.05, 0) is 50.2 Å². The zero-order valence-corrected chi connectivity index (χ0v) is 15.0. The lowest BCUT2D eigenvalue weighted by Gasteiger charge is -2.28. The molecule has 0 amide bonds. The second-order valence-electron chi connectivity index (χ2n) is 6.68. The van der Waals surface area contributed by atoms with Gasteiger partial charge in [0.25, 0.3) is 0 Å². The molecule has 1 aromatic carbocycles. The Morgan fingerprint density at radius 3 is 2.50 bits per heavy atom. The van der Waals surface area contributed by atoms with Crippen LogP contribution in [0.4, 0.5) is 17.6 Å². The summed E-state index contributed by atoms with van der Waals surface area (Å²) in [6.07, 6.45) is -2.14. The topological polar surface area (TPSA) is 55.6 Å². The number of ether oxygens (including phenoxy) is 1. The molecule has 0 saturated carbocycles. The van der Waals surface area contributed by atoms with E-state index in [0.29, 0.717) is 31.1 Å². The highest BCUT2D eigenvalue weighted by molar-refractivity contribution is 5.59. The Bertz CT molecular complexity index is 781. The molecule has 0 N–H and O–H groups in total. The van der Waals surface area contributed by atoms with Crippen LogP contribution in [0.2, 0.25) is 0 Å². The third kappa shape index (κ3) is 5.39. The molecule has 28 heavy (non-hydrogen) atoms. The standard InChI is InChI=1S/C19H20F4N2O3/c20-15-3-1-13(2-4-15)17-16(11-27-12-19(21,22)23)24-18(28-17)14-5-7-25(8-6-14)9-10-26/h1-4,10,14H,5-9,11-12H2. The van der Waals surface area contributed by atoms with Crippen molar-refractivity contribution in [2.75, 3.05) is 26.2 Å². The zero-order chi connectivity index (χ0) is 20.1. The first-order chi connectivity index (χ1) is 13.4. The molecular formula is C19H20F4N2O3. The minimum Gasteiger partial charge on any atom is -0.440 e. The number of hydrogen-bond acceptors (Lipinski definition) is 5. The van der Waals surface area contributed by atoms with Crippen molar-refractivity contribution in [2.45, 2.75) is 31.5 Å². The van der Waals surface area contributed by atoms with Crippen molar-refractivity contribution in [3.05, 3.63) is 41.7 Å². The predicted molar refractivity (Wildman–Crippen MR) is 92.1 cm³/mol. The van der Waals surface area contributed by atoms with Crippen molar-refractivity contribution in [1.82, 2.24) is 9.88 Å². The van der Waals surface area contributed by atoms with E-state index < -0.39 is 18.6 Å². The minimum absolute atomic E-state index is 0.00142. The molecule has 0 unspecified atom stereocenters. The maximum atomic E-state index is 13.2. The predicted octanol–water partition coefficient (Wildman–Crippen LogP) is 3.94. The number of oxazole rings is 1. The SMILES string of the molecule is O=CCN1CCC(c2nc(COCC(F)(F)F)c(-c3ccc(F)cc3)o2)CC1. The summed E-state index contributed by atoms with van der Waals surface area (Å²) in [5.41, 5.74) is 0.769. The summed E-state index contributed by atoms with van der Waals surface area (Å²) in [5.74, 6) is 0.280. The molecule has 1 fully saturated rings. The summed E-state index contributed by atoms with van der Waals surface area (Å²) in [4.78, 5) is 17.0. The number of alkyl halides is 3. The number of aldehydes is 1. The molecule has 2 heterocycles. The molecule has 1 aliphatic rings. The summed E-state index contributed by atoms with van der Waals surface area (Å²) in [6.45, 7) is 0.0344. The summed E-state index contributed by atoms with van der Waals surface area (Å²) in [7, 11) is 0. The Morgan fingerprint density at radius 2 is 1.89 bits per heavy atom. The van der Waals surface area contributed by atoms with Gasteiger partial charge in [-0.2, -0.15) is 13.2 Å². The first-order valence-electron chi connectivity index (χ1n) is 8.92. The number of piperidine rings is 1. The van der Waals surface area contributed by atoms with Crippen LogP contribution in [-0.2, 0) is 16.1 Å². The number of likely N-dealkylation sites (tertiary alicyclic amines) is 1. The molecule has 0 atom stereocenters. The monoisotopic (exact) mass is 400 g/mol. The Kier molecular flexibility index (Phi) is 6.46. The van der Waals surface area contributed by atoms with Crippen molar-refractivity contribution in [1.29, 1.82) is 0 Å². The fourth-order valence-corrected chi connectivity index (χ4v) is 3.20. The van der Waals surface area contributed by atoms with Gasteiger partial charge in [0.2, 0.25) is 0 Å². The molecule has 1 saturated heterocycles. The molecule has 0 radical (unpaired) electrons. The molecular weight excluding hydrogens is 380 g/mol. The second-order valence-corrected chi connectivity index (χ2v) is 6.68. The first kappa shape index (κ1) is 20.5. The molecule has 0 spiro atoms. The Balaban J connectivity index is 1.79. The molecule has 1 aliphatic heterocycles. The van der Waals surface area contributed by atoms with Gasteiger partial charge in [0.05, 0.1) is 13.2 Å². The van der Waals surface area contributed by atoms with Crippen molar-refractivity contribution >= 4 is 6.29 Å². The lowest BCUT2D eigenvalue weighted by Crippen LogP contribution is -2.34. The van der Waals surface area contributed by atoms with Crippen LogP contribution in [0.1, 0.15) is 30.3 Å². The maximum Gasteiger partial charge on any atom is 0.411 e. The largest absolute Gasteiger partial charge is 0.440 e. The van der Waals surface area contributed by atoms with Gasteiger partial charge in [-0.3, -0.25) is 4.90 Å². The average molecular weight is 400 g/mol. The van der Waals surface area contributed by atoms with Crippen molar-refractivity contribution in [3.8, 4) is 11.3 Å². The highest BCUT2D eigenvalue weighted by atomic mass is 19.4. The summed E-state index contributed by atoms with van der Waals surface area (Å²) >= 11 is 0. The fraction of sp³-hybridized carbons (Fsp3) is 0.474. The van der Waals surface area contributed by atoms with Gasteiger partial charge in [-0.15, -0.1) is 0 Å². The van der Waals surface area contributed by atoms with Crippen LogP contribution in [0.3, 0.4) is 0 Å². The number of rotatable bonds is 7. The van der Waals surface area contributed by atoms with Crippen molar-refractivity contribution in [3.63, 3.8) is 0 Å². The van der Waals surface area contributed by atoms with Crippen LogP contribution >= 0.6 is 0 Å². The van der Waals surface area contributed by atoms with Gasteiger partial charge in [0, 0.05) is 11.5 Å². The quantitative estimate of drug-likeness (QED) is 0.521. The van der Waals surface area contributed by atoms with Crippen LogP contribution in [-0.4, -0.2) is 48.6 Å². The summed E-state index contributed by atoms with van der Waals surface area (Å²) in [6, 6.07) is 5.46. The van der Waals surface area contributed by atoms with E-state index in [1.165, 1.54) is 24.3 Å². The first-order valence-corrected chi connectivity index (χ1v) is 8.92. The smallest absolute Gasteiger partial charge is 0.411 e. The number of hydrogen-bond donors (Lipinski definition) is 0. The molecule has 2 aromatic rings. The van der Waals surface area contributed by atoms with E-state index in [2.05, 4.69) is 4.98 Å². The van der Waals surface area contributed by atoms with Crippen molar-refractivity contribution in [2.24, 2.45) is 0 Å². The number of halogens is 4. The van der Waals surface area contributed by atoms with Gasteiger partial charge in [-0.1, -0.05) is 0 Å². The number of carbonyl (C=O) groups excluding carboxylic acids is 1. The van der Waals surface area contributed by atoms with Crippen LogP contribution < -0.4 is 0 Å². The van der Waals surface area contributed by atoms with Gasteiger partial charge < -0.3 is 13.9 Å². The summed E-state index contributed by atoms with van der Waals surface area (Å²) < 4.78 is 61.0. The molecule has 0 bridgehead atoms. The Morgan fingerprint density at radius 1 is 1.21 bits per heavy atom. The molecule has 9 heteroatoms. The van der Waals surface area contributed by atoms with Gasteiger partial charge in [0.15, 0.2) is 11.7 Å². The lowest BCUT2D eigenvalue weighted by molar-refractivity contribution is -0.176. The Hall–Kier alpha value is -2.26. The third-order valence-corrected chi connectivity index (χ3v) is 4.59. The zero-order valence-electron chi connectivity index (χ0n) is 15.0. The second kappa shape index (κ2) is 8.83. The van der Waals surface area contributed by atoms with Crippen LogP contribution in [0.25, 0.3) is 11.3 Å². The maximum absolute atomic E-state index is 13.2. The van der Waals surface area contributed by atoms with Crippen LogP contribution in [0, 0.1) is 5.82 Å². The average Bonchev–Trinajstić information content (AvgIpc) is 3.06. The Labute approximate surface area is 159 Å². The molecule has 152 valence electrons. The van der Waals surface area contributed by atoms with E-state index in [9.17, 15) is 22.4 Å². The van der Waals surface area contributed by atoms with Gasteiger partial charge in [-0.25, -0.2) is 9.37 Å². The number of aromatic nitrogens is 1. The van der Waals surface area contributed by atoms with Crippen LogP contribution in [0.15, 0.2) is 28.7 Å². The van der Waals surface area contributed by atoms with E-state index >= 15 is 0 Å². The molecule has 1 aromatic heterocycles. The summed E-state index contributed by atoms with van der Waals surface area (Å²) in [5, 5.41) is 0. The highest BCUT2D eigenvalue weighted by Crippen LogP contribution is 2.33.